The smallest absolute Gasteiger partial charge is 0.411 e. The number of nitrogens with zero attached hydrogens (tertiary/aromatic N) is 1. The van der Waals surface area contributed by atoms with Crippen LogP contribution in [0.1, 0.15) is 23.2 Å². The van der Waals surface area contributed by atoms with E-state index in [0.717, 1.165) is 49.3 Å². The molecule has 1 fully saturated rings. The van der Waals surface area contributed by atoms with E-state index in [1.54, 1.807) is 24.3 Å². The molecule has 0 bridgehead atoms. The van der Waals surface area contributed by atoms with Crippen LogP contribution in [0.2, 0.25) is 0 Å². The molecular formula is C32H39N5O5. The number of carbonyl (C=O) groups is 3. The number of rotatable bonds is 14. The van der Waals surface area contributed by atoms with Crippen LogP contribution >= 0.6 is 0 Å². The molecule has 1 aliphatic heterocycles. The monoisotopic (exact) mass is 573 g/mol. The van der Waals surface area contributed by atoms with Gasteiger partial charge in [0.1, 0.15) is 6.10 Å². The average Bonchev–Trinajstić information content (AvgIpc) is 3.01. The van der Waals surface area contributed by atoms with Crippen LogP contribution in [0.5, 0.6) is 0 Å². The zero-order chi connectivity index (χ0) is 29.6. The SMILES string of the molecule is O=C(CNCCO)Nc1cccc(C(=O)CNCCN2CCC(OC(=O)Nc3ccccc3-c3ccccc3)CC2)c1. The molecule has 1 saturated heterocycles. The highest BCUT2D eigenvalue weighted by atomic mass is 16.6. The lowest BCUT2D eigenvalue weighted by Gasteiger charge is -2.31. The maximum absolute atomic E-state index is 12.6. The molecular weight excluding hydrogens is 534 g/mol. The summed E-state index contributed by atoms with van der Waals surface area (Å²) >= 11 is 0. The molecule has 0 radical (unpaired) electrons. The van der Waals surface area contributed by atoms with Gasteiger partial charge in [-0.05, 0) is 36.6 Å². The van der Waals surface area contributed by atoms with Gasteiger partial charge in [-0.1, -0.05) is 60.7 Å². The van der Waals surface area contributed by atoms with E-state index in [-0.39, 0.29) is 37.5 Å². The molecule has 3 aromatic carbocycles. The number of hydrogen-bond acceptors (Lipinski definition) is 8. The minimum absolute atomic E-state index is 0.0403. The van der Waals surface area contributed by atoms with E-state index in [2.05, 4.69) is 26.2 Å². The number of Topliss-reactive ketones (excluding diaryl/α,β-unsaturated/α-hetero) is 1. The van der Waals surface area contributed by atoms with Crippen LogP contribution in [0.15, 0.2) is 78.9 Å². The molecule has 0 atom stereocenters. The third-order valence-corrected chi connectivity index (χ3v) is 6.99. The lowest BCUT2D eigenvalue weighted by molar-refractivity contribution is -0.115. The van der Waals surface area contributed by atoms with Crippen LogP contribution in [-0.2, 0) is 9.53 Å². The number of amides is 2. The molecule has 2 amide bonds. The van der Waals surface area contributed by atoms with Crippen molar-refractivity contribution in [1.82, 2.24) is 15.5 Å². The van der Waals surface area contributed by atoms with Crippen LogP contribution < -0.4 is 21.3 Å². The van der Waals surface area contributed by atoms with Crippen molar-refractivity contribution in [2.45, 2.75) is 18.9 Å². The van der Waals surface area contributed by atoms with Crippen LogP contribution in [0.25, 0.3) is 11.1 Å². The molecule has 1 aliphatic rings. The van der Waals surface area contributed by atoms with Crippen molar-refractivity contribution in [3.63, 3.8) is 0 Å². The highest BCUT2D eigenvalue weighted by Crippen LogP contribution is 2.28. The van der Waals surface area contributed by atoms with Crippen LogP contribution in [0, 0.1) is 0 Å². The Labute approximate surface area is 246 Å². The van der Waals surface area contributed by atoms with Gasteiger partial charge in [-0.2, -0.15) is 0 Å². The van der Waals surface area contributed by atoms with Crippen molar-refractivity contribution < 1.29 is 24.2 Å². The first-order valence-corrected chi connectivity index (χ1v) is 14.3. The fourth-order valence-electron chi connectivity index (χ4n) is 4.80. The summed E-state index contributed by atoms with van der Waals surface area (Å²) in [4.78, 5) is 39.5. The van der Waals surface area contributed by atoms with Gasteiger partial charge in [0.2, 0.25) is 5.91 Å². The van der Waals surface area contributed by atoms with E-state index in [0.29, 0.717) is 24.3 Å². The lowest BCUT2D eigenvalue weighted by Crippen LogP contribution is -2.42. The molecule has 5 N–H and O–H groups in total. The Morgan fingerprint density at radius 1 is 0.833 bits per heavy atom. The van der Waals surface area contributed by atoms with Crippen molar-refractivity contribution >= 4 is 29.2 Å². The van der Waals surface area contributed by atoms with Crippen molar-refractivity contribution in [3.8, 4) is 11.1 Å². The second-order valence-electron chi connectivity index (χ2n) is 10.1. The van der Waals surface area contributed by atoms with Gasteiger partial charge in [-0.25, -0.2) is 4.79 Å². The second kappa shape index (κ2) is 16.4. The topological polar surface area (TPSA) is 132 Å². The Hall–Kier alpha value is -4.09. The molecule has 4 rings (SSSR count). The summed E-state index contributed by atoms with van der Waals surface area (Å²) in [6.07, 6.45) is 0.915. The summed E-state index contributed by atoms with van der Waals surface area (Å²) in [6, 6.07) is 24.5. The minimum atomic E-state index is -0.445. The van der Waals surface area contributed by atoms with E-state index >= 15 is 0 Å². The van der Waals surface area contributed by atoms with E-state index in [1.165, 1.54) is 0 Å². The number of aliphatic hydroxyl groups excluding tert-OH is 1. The lowest BCUT2D eigenvalue weighted by atomic mass is 10.0. The molecule has 0 saturated carbocycles. The average molecular weight is 574 g/mol. The van der Waals surface area contributed by atoms with E-state index in [9.17, 15) is 14.4 Å². The minimum Gasteiger partial charge on any atom is -0.446 e. The van der Waals surface area contributed by atoms with Crippen molar-refractivity contribution in [1.29, 1.82) is 0 Å². The maximum atomic E-state index is 12.6. The van der Waals surface area contributed by atoms with Gasteiger partial charge in [0.15, 0.2) is 5.78 Å². The summed E-state index contributed by atoms with van der Waals surface area (Å²) in [5.41, 5.74) is 3.76. The molecule has 0 unspecified atom stereocenters. The zero-order valence-electron chi connectivity index (χ0n) is 23.7. The van der Waals surface area contributed by atoms with Gasteiger partial charge >= 0.3 is 6.09 Å². The highest BCUT2D eigenvalue weighted by Gasteiger charge is 2.22. The predicted molar refractivity (Wildman–Crippen MR) is 164 cm³/mol. The van der Waals surface area contributed by atoms with Gasteiger partial charge in [0.05, 0.1) is 25.4 Å². The van der Waals surface area contributed by atoms with Gasteiger partial charge in [0.25, 0.3) is 0 Å². The largest absolute Gasteiger partial charge is 0.446 e. The quantitative estimate of drug-likeness (QED) is 0.147. The summed E-state index contributed by atoms with van der Waals surface area (Å²) in [7, 11) is 0. The number of aliphatic hydroxyl groups is 1. The first-order valence-electron chi connectivity index (χ1n) is 14.3. The third-order valence-electron chi connectivity index (χ3n) is 6.99. The standard InChI is InChI=1S/C32H39N5O5/c38-20-16-34-23-31(40)35-26-10-6-9-25(21-26)30(39)22-33-15-19-37-17-13-27(14-18-37)42-32(41)36-29-12-5-4-11-28(29)24-7-2-1-3-8-24/h1-12,21,27,33-34,38H,13-20,22-23H2,(H,35,40)(H,36,41). The molecule has 0 aromatic heterocycles. The van der Waals surface area contributed by atoms with Gasteiger partial charge in [-0.3, -0.25) is 14.9 Å². The normalized spacial score (nSPS) is 13.8. The van der Waals surface area contributed by atoms with E-state index in [4.69, 9.17) is 9.84 Å². The molecule has 0 aliphatic carbocycles. The Balaban J connectivity index is 1.13. The first kappa shape index (κ1) is 30.9. The van der Waals surface area contributed by atoms with E-state index in [1.807, 2.05) is 54.6 Å². The molecule has 222 valence electrons. The number of hydrogen-bond donors (Lipinski definition) is 5. The fraction of sp³-hybridized carbons (Fsp3) is 0.344. The predicted octanol–water partition coefficient (Wildman–Crippen LogP) is 3.36. The Morgan fingerprint density at radius 3 is 2.36 bits per heavy atom. The summed E-state index contributed by atoms with van der Waals surface area (Å²) in [6.45, 7) is 3.63. The molecule has 10 nitrogen and oxygen atoms in total. The molecule has 3 aromatic rings. The summed E-state index contributed by atoms with van der Waals surface area (Å²) in [5, 5.41) is 20.5. The number of ether oxygens (including phenoxy) is 1. The van der Waals surface area contributed by atoms with Crippen molar-refractivity contribution in [2.24, 2.45) is 0 Å². The molecule has 1 heterocycles. The van der Waals surface area contributed by atoms with Crippen LogP contribution in [0.4, 0.5) is 16.2 Å². The number of benzene rings is 3. The number of anilines is 2. The number of likely N-dealkylation sites (tertiary alicyclic amines) is 1. The van der Waals surface area contributed by atoms with Gasteiger partial charge < -0.3 is 30.7 Å². The molecule has 42 heavy (non-hydrogen) atoms. The van der Waals surface area contributed by atoms with Gasteiger partial charge in [-0.15, -0.1) is 0 Å². The third kappa shape index (κ3) is 9.78. The molecule has 0 spiro atoms. The van der Waals surface area contributed by atoms with Gasteiger partial charge in [0, 0.05) is 49.5 Å². The maximum Gasteiger partial charge on any atom is 0.411 e. The first-order chi connectivity index (χ1) is 20.5. The number of nitrogens with one attached hydrogen (secondary N) is 4. The van der Waals surface area contributed by atoms with Crippen molar-refractivity contribution in [2.75, 3.05) is 63.1 Å². The zero-order valence-corrected chi connectivity index (χ0v) is 23.7. The number of para-hydroxylation sites is 1. The number of carbonyl (C=O) groups excluding carboxylic acids is 3. The second-order valence-corrected chi connectivity index (χ2v) is 10.1. The molecule has 10 heteroatoms. The Morgan fingerprint density at radius 2 is 1.57 bits per heavy atom. The number of piperidine rings is 1. The fourth-order valence-corrected chi connectivity index (χ4v) is 4.80. The highest BCUT2D eigenvalue weighted by molar-refractivity contribution is 6.00. The summed E-state index contributed by atoms with van der Waals surface area (Å²) in [5.74, 6) is -0.300. The Kier molecular flexibility index (Phi) is 12.0. The Bertz CT molecular complexity index is 1310. The summed E-state index contributed by atoms with van der Waals surface area (Å²) < 4.78 is 5.72. The van der Waals surface area contributed by atoms with Crippen LogP contribution in [0.3, 0.4) is 0 Å². The van der Waals surface area contributed by atoms with E-state index < -0.39 is 6.09 Å². The van der Waals surface area contributed by atoms with Crippen LogP contribution in [-0.4, -0.2) is 86.3 Å². The number of ketones is 1. The van der Waals surface area contributed by atoms with Crippen molar-refractivity contribution in [3.05, 3.63) is 84.4 Å².